The number of nitrogens with one attached hydrogen (secondary N) is 1. The molecule has 10 heteroatoms. The molecule has 2 heterocycles. The van der Waals surface area contributed by atoms with E-state index in [1.54, 1.807) is 52.9 Å². The number of amides is 2. The van der Waals surface area contributed by atoms with Gasteiger partial charge in [-0.15, -0.1) is 0 Å². The van der Waals surface area contributed by atoms with Gasteiger partial charge >= 0.3 is 6.03 Å². The number of hydrogen-bond acceptors (Lipinski definition) is 4. The first kappa shape index (κ1) is 22.9. The van der Waals surface area contributed by atoms with Crippen molar-refractivity contribution in [3.63, 3.8) is 0 Å². The summed E-state index contributed by atoms with van der Waals surface area (Å²) < 4.78 is 1.59. The topological polar surface area (TPSA) is 70.5 Å². The van der Waals surface area contributed by atoms with E-state index in [9.17, 15) is 9.59 Å². The molecule has 32 heavy (non-hydrogen) atoms. The largest absolute Gasteiger partial charge is 0.322 e. The third kappa shape index (κ3) is 4.57. The molecule has 1 N–H and O–H groups in total. The SMILES string of the molecule is CC(c1nc2cc(Cl)ccc2c(=O)n1C)N1CCN(C(=O)Nc2ccc(Cl)c(Cl)c2)CC1. The zero-order chi connectivity index (χ0) is 23.0. The molecule has 1 saturated heterocycles. The Hall–Kier alpha value is -2.32. The van der Waals surface area contributed by atoms with Crippen LogP contribution in [0.2, 0.25) is 15.1 Å². The maximum Gasteiger partial charge on any atom is 0.321 e. The van der Waals surface area contributed by atoms with Crippen molar-refractivity contribution in [3.05, 3.63) is 67.6 Å². The fourth-order valence-electron chi connectivity index (χ4n) is 3.89. The van der Waals surface area contributed by atoms with E-state index in [2.05, 4.69) is 10.2 Å². The lowest BCUT2D eigenvalue weighted by Crippen LogP contribution is -2.51. The minimum Gasteiger partial charge on any atom is -0.322 e. The molecule has 0 spiro atoms. The number of rotatable bonds is 3. The fourth-order valence-corrected chi connectivity index (χ4v) is 4.35. The van der Waals surface area contributed by atoms with Crippen molar-refractivity contribution in [2.24, 2.45) is 7.05 Å². The molecule has 1 unspecified atom stereocenters. The summed E-state index contributed by atoms with van der Waals surface area (Å²) >= 11 is 18.0. The number of halogens is 3. The maximum atomic E-state index is 12.8. The highest BCUT2D eigenvalue weighted by molar-refractivity contribution is 6.42. The second-order valence-electron chi connectivity index (χ2n) is 7.75. The summed E-state index contributed by atoms with van der Waals surface area (Å²) in [7, 11) is 1.73. The van der Waals surface area contributed by atoms with Gasteiger partial charge in [0, 0.05) is 43.9 Å². The van der Waals surface area contributed by atoms with Crippen LogP contribution in [0.25, 0.3) is 10.9 Å². The number of anilines is 1. The van der Waals surface area contributed by atoms with Crippen LogP contribution in [0.5, 0.6) is 0 Å². The van der Waals surface area contributed by atoms with Gasteiger partial charge in [0.05, 0.1) is 27.0 Å². The number of hydrogen-bond donors (Lipinski definition) is 1. The van der Waals surface area contributed by atoms with Crippen LogP contribution in [-0.4, -0.2) is 51.6 Å². The lowest BCUT2D eigenvalue weighted by Gasteiger charge is -2.38. The average molecular weight is 495 g/mol. The molecule has 2 aromatic carbocycles. The van der Waals surface area contributed by atoms with Crippen LogP contribution in [0, 0.1) is 0 Å². The molecule has 0 saturated carbocycles. The number of piperazine rings is 1. The van der Waals surface area contributed by atoms with Crippen molar-refractivity contribution < 1.29 is 4.79 Å². The van der Waals surface area contributed by atoms with Gasteiger partial charge in [-0.25, -0.2) is 9.78 Å². The molecular formula is C22H22Cl3N5O2. The number of benzene rings is 2. The predicted octanol–water partition coefficient (Wildman–Crippen LogP) is 4.80. The molecule has 0 radical (unpaired) electrons. The monoisotopic (exact) mass is 493 g/mol. The highest BCUT2D eigenvalue weighted by Crippen LogP contribution is 2.26. The fraction of sp³-hybridized carbons (Fsp3) is 0.318. The first-order valence-electron chi connectivity index (χ1n) is 10.2. The van der Waals surface area contributed by atoms with Gasteiger partial charge < -0.3 is 10.2 Å². The van der Waals surface area contributed by atoms with Crippen LogP contribution in [-0.2, 0) is 7.05 Å². The second-order valence-corrected chi connectivity index (χ2v) is 9.00. The van der Waals surface area contributed by atoms with Gasteiger partial charge in [-0.2, -0.15) is 0 Å². The van der Waals surface area contributed by atoms with Gasteiger partial charge in [0.2, 0.25) is 0 Å². The number of aromatic nitrogens is 2. The Morgan fingerprint density at radius 1 is 1.03 bits per heavy atom. The van der Waals surface area contributed by atoms with Crippen molar-refractivity contribution in [1.29, 1.82) is 0 Å². The van der Waals surface area contributed by atoms with Crippen molar-refractivity contribution >= 4 is 57.4 Å². The highest BCUT2D eigenvalue weighted by Gasteiger charge is 2.27. The van der Waals surface area contributed by atoms with E-state index in [1.165, 1.54) is 0 Å². The van der Waals surface area contributed by atoms with Crippen molar-refractivity contribution in [3.8, 4) is 0 Å². The first-order valence-corrected chi connectivity index (χ1v) is 11.3. The maximum absolute atomic E-state index is 12.8. The van der Waals surface area contributed by atoms with Crippen LogP contribution in [0.15, 0.2) is 41.2 Å². The predicted molar refractivity (Wildman–Crippen MR) is 129 cm³/mol. The average Bonchev–Trinajstić information content (AvgIpc) is 2.78. The Kier molecular flexibility index (Phi) is 6.62. The Labute approximate surface area is 200 Å². The minimum absolute atomic E-state index is 0.101. The Morgan fingerprint density at radius 3 is 2.44 bits per heavy atom. The van der Waals surface area contributed by atoms with E-state index >= 15 is 0 Å². The molecule has 2 amide bonds. The van der Waals surface area contributed by atoms with Gasteiger partial charge in [-0.05, 0) is 43.3 Å². The summed E-state index contributed by atoms with van der Waals surface area (Å²) in [6.07, 6.45) is 0. The van der Waals surface area contributed by atoms with Crippen LogP contribution in [0.1, 0.15) is 18.8 Å². The van der Waals surface area contributed by atoms with Crippen molar-refractivity contribution in [2.75, 3.05) is 31.5 Å². The highest BCUT2D eigenvalue weighted by atomic mass is 35.5. The molecule has 1 atom stereocenters. The normalized spacial score (nSPS) is 15.7. The first-order chi connectivity index (χ1) is 15.2. The van der Waals surface area contributed by atoms with Crippen molar-refractivity contribution in [1.82, 2.24) is 19.4 Å². The lowest BCUT2D eigenvalue weighted by molar-refractivity contribution is 0.114. The number of nitrogens with zero attached hydrogens (tertiary/aromatic N) is 4. The Balaban J connectivity index is 1.45. The quantitative estimate of drug-likeness (QED) is 0.567. The van der Waals surface area contributed by atoms with Gasteiger partial charge in [0.1, 0.15) is 5.82 Å². The van der Waals surface area contributed by atoms with Crippen LogP contribution < -0.4 is 10.9 Å². The smallest absolute Gasteiger partial charge is 0.321 e. The van der Waals surface area contributed by atoms with Crippen LogP contribution in [0.4, 0.5) is 10.5 Å². The molecule has 168 valence electrons. The summed E-state index contributed by atoms with van der Waals surface area (Å²) in [4.78, 5) is 34.1. The van der Waals surface area contributed by atoms with Gasteiger partial charge in [-0.1, -0.05) is 34.8 Å². The molecule has 4 rings (SSSR count). The van der Waals surface area contributed by atoms with E-state index < -0.39 is 0 Å². The van der Waals surface area contributed by atoms with E-state index in [1.807, 2.05) is 6.92 Å². The zero-order valence-electron chi connectivity index (χ0n) is 17.6. The molecule has 1 fully saturated rings. The van der Waals surface area contributed by atoms with Crippen LogP contribution >= 0.6 is 34.8 Å². The third-order valence-corrected chi connectivity index (χ3v) is 6.74. The van der Waals surface area contributed by atoms with Gasteiger partial charge in [0.25, 0.3) is 5.56 Å². The number of carbonyl (C=O) groups is 1. The van der Waals surface area contributed by atoms with Crippen molar-refractivity contribution in [2.45, 2.75) is 13.0 Å². The third-order valence-electron chi connectivity index (χ3n) is 5.77. The van der Waals surface area contributed by atoms with E-state index in [0.29, 0.717) is 63.7 Å². The summed E-state index contributed by atoms with van der Waals surface area (Å²) in [5.74, 6) is 0.665. The standard InChI is InChI=1S/C22H22Cl3N5O2/c1-13(20-27-19-11-14(23)3-5-16(19)21(31)28(20)2)29-7-9-30(10-8-29)22(32)26-15-4-6-17(24)18(25)12-15/h3-6,11-13H,7-10H2,1-2H3,(H,26,32). The molecular weight excluding hydrogens is 473 g/mol. The van der Waals surface area contributed by atoms with Gasteiger partial charge in [0.15, 0.2) is 0 Å². The lowest BCUT2D eigenvalue weighted by atomic mass is 10.2. The molecule has 1 aliphatic heterocycles. The van der Waals surface area contributed by atoms with E-state index in [0.717, 1.165) is 0 Å². The molecule has 0 bridgehead atoms. The Morgan fingerprint density at radius 2 is 1.75 bits per heavy atom. The summed E-state index contributed by atoms with van der Waals surface area (Å²) in [6.45, 7) is 4.41. The summed E-state index contributed by atoms with van der Waals surface area (Å²) in [5.41, 5.74) is 1.07. The van der Waals surface area contributed by atoms with E-state index in [-0.39, 0.29) is 17.6 Å². The number of carbonyl (C=O) groups excluding carboxylic acids is 1. The van der Waals surface area contributed by atoms with E-state index in [4.69, 9.17) is 39.8 Å². The van der Waals surface area contributed by atoms with Gasteiger partial charge in [-0.3, -0.25) is 14.3 Å². The summed E-state index contributed by atoms with van der Waals surface area (Å²) in [6, 6.07) is 9.79. The Bertz CT molecular complexity index is 1240. The minimum atomic E-state index is -0.193. The molecule has 7 nitrogen and oxygen atoms in total. The summed E-state index contributed by atoms with van der Waals surface area (Å²) in [5, 5.41) is 4.75. The molecule has 1 aliphatic rings. The number of urea groups is 1. The number of fused-ring (bicyclic) bond motifs is 1. The zero-order valence-corrected chi connectivity index (χ0v) is 19.9. The molecule has 3 aromatic rings. The second kappa shape index (κ2) is 9.27. The van der Waals surface area contributed by atoms with Crippen LogP contribution in [0.3, 0.4) is 0 Å². The molecule has 0 aliphatic carbocycles. The molecule has 1 aromatic heterocycles.